The summed E-state index contributed by atoms with van der Waals surface area (Å²) in [6.07, 6.45) is 1.99. The van der Waals surface area contributed by atoms with Gasteiger partial charge in [0.15, 0.2) is 0 Å². The minimum Gasteiger partial charge on any atom is -0.207 e. The molecule has 1 aliphatic rings. The predicted molar refractivity (Wildman–Crippen MR) is 70.0 cm³/mol. The lowest BCUT2D eigenvalue weighted by molar-refractivity contribution is 0.545. The Morgan fingerprint density at radius 2 is 2.25 bits per heavy atom. The zero-order valence-corrected chi connectivity index (χ0v) is 11.7. The molecule has 16 heavy (non-hydrogen) atoms. The van der Waals surface area contributed by atoms with E-state index in [-0.39, 0.29) is 6.04 Å². The summed E-state index contributed by atoms with van der Waals surface area (Å²) >= 11 is 8.62. The summed E-state index contributed by atoms with van der Waals surface area (Å²) in [5.74, 6) is 1.99. The minimum atomic E-state index is -3.37. The van der Waals surface area contributed by atoms with Crippen LogP contribution in [0.25, 0.3) is 0 Å². The van der Waals surface area contributed by atoms with Gasteiger partial charge in [-0.25, -0.2) is 13.1 Å². The zero-order valence-electron chi connectivity index (χ0n) is 8.48. The Morgan fingerprint density at radius 3 is 2.81 bits per heavy atom. The van der Waals surface area contributed by atoms with Crippen molar-refractivity contribution in [1.82, 2.24) is 4.72 Å². The van der Waals surface area contributed by atoms with Crippen molar-refractivity contribution in [3.05, 3.63) is 16.5 Å². The molecule has 1 aromatic rings. The molecule has 3 nitrogen and oxygen atoms in total. The van der Waals surface area contributed by atoms with Gasteiger partial charge in [-0.15, -0.1) is 11.3 Å². The number of halogens is 1. The molecular weight excluding hydrogens is 286 g/mol. The summed E-state index contributed by atoms with van der Waals surface area (Å²) in [7, 11) is -3.37. The molecule has 0 radical (unpaired) electrons. The first-order valence-corrected chi connectivity index (χ1v) is 8.76. The molecule has 0 aliphatic carbocycles. The third-order valence-corrected chi connectivity index (χ3v) is 6.75. The Balaban J connectivity index is 2.07. The van der Waals surface area contributed by atoms with Gasteiger partial charge in [0.05, 0.1) is 4.34 Å². The molecule has 1 saturated heterocycles. The van der Waals surface area contributed by atoms with Crippen molar-refractivity contribution in [2.45, 2.75) is 23.1 Å². The molecule has 2 heterocycles. The molecule has 0 amide bonds. The molecule has 90 valence electrons. The second kappa shape index (κ2) is 5.27. The van der Waals surface area contributed by atoms with Gasteiger partial charge in [-0.1, -0.05) is 11.6 Å². The van der Waals surface area contributed by atoms with E-state index < -0.39 is 10.0 Å². The van der Waals surface area contributed by atoms with Crippen LogP contribution in [0.3, 0.4) is 0 Å². The molecule has 1 unspecified atom stereocenters. The average Bonchev–Trinajstić information content (AvgIpc) is 2.66. The van der Waals surface area contributed by atoms with Gasteiger partial charge in [-0.05, 0) is 30.7 Å². The van der Waals surface area contributed by atoms with Crippen molar-refractivity contribution in [2.24, 2.45) is 0 Å². The first-order valence-electron chi connectivity index (χ1n) is 4.93. The Kier molecular flexibility index (Phi) is 4.18. The first-order chi connectivity index (χ1) is 7.58. The number of hydrogen-bond donors (Lipinski definition) is 1. The van der Waals surface area contributed by atoms with Gasteiger partial charge in [-0.2, -0.15) is 11.8 Å². The topological polar surface area (TPSA) is 46.2 Å². The van der Waals surface area contributed by atoms with Crippen LogP contribution in [0.2, 0.25) is 4.34 Å². The van der Waals surface area contributed by atoms with Gasteiger partial charge < -0.3 is 0 Å². The molecule has 0 bridgehead atoms. The lowest BCUT2D eigenvalue weighted by Gasteiger charge is -2.21. The molecule has 0 aromatic carbocycles. The fourth-order valence-corrected chi connectivity index (χ4v) is 5.50. The maximum Gasteiger partial charge on any atom is 0.250 e. The summed E-state index contributed by atoms with van der Waals surface area (Å²) in [5.41, 5.74) is 0. The summed E-state index contributed by atoms with van der Waals surface area (Å²) in [5, 5.41) is 0. The SMILES string of the molecule is O=S(=O)(NC1CCCSC1)c1ccc(Cl)s1. The van der Waals surface area contributed by atoms with Crippen molar-refractivity contribution in [2.75, 3.05) is 11.5 Å². The molecule has 1 aromatic heterocycles. The van der Waals surface area contributed by atoms with Gasteiger partial charge >= 0.3 is 0 Å². The third kappa shape index (κ3) is 3.13. The predicted octanol–water partition coefficient (Wildman–Crippen LogP) is 2.58. The van der Waals surface area contributed by atoms with Gasteiger partial charge in [0.1, 0.15) is 4.21 Å². The summed E-state index contributed by atoms with van der Waals surface area (Å²) in [6, 6.07) is 3.21. The molecule has 2 rings (SSSR count). The number of rotatable bonds is 3. The van der Waals surface area contributed by atoms with E-state index in [0.717, 1.165) is 35.7 Å². The fraction of sp³-hybridized carbons (Fsp3) is 0.556. The Bertz CT molecular complexity index is 451. The van der Waals surface area contributed by atoms with Crippen LogP contribution in [0.4, 0.5) is 0 Å². The molecule has 1 N–H and O–H groups in total. The van der Waals surface area contributed by atoms with Crippen molar-refractivity contribution in [1.29, 1.82) is 0 Å². The highest BCUT2D eigenvalue weighted by Crippen LogP contribution is 2.26. The van der Waals surface area contributed by atoms with Crippen molar-refractivity contribution < 1.29 is 8.42 Å². The summed E-state index contributed by atoms with van der Waals surface area (Å²) < 4.78 is 27.4. The lowest BCUT2D eigenvalue weighted by Crippen LogP contribution is -2.37. The highest BCUT2D eigenvalue weighted by Gasteiger charge is 2.23. The smallest absolute Gasteiger partial charge is 0.207 e. The molecule has 0 spiro atoms. The summed E-state index contributed by atoms with van der Waals surface area (Å²) in [4.78, 5) is 0. The number of thiophene rings is 1. The van der Waals surface area contributed by atoms with Gasteiger partial charge in [-0.3, -0.25) is 0 Å². The van der Waals surface area contributed by atoms with E-state index >= 15 is 0 Å². The normalized spacial score (nSPS) is 22.2. The molecule has 0 saturated carbocycles. The van der Waals surface area contributed by atoms with Crippen LogP contribution in [0.5, 0.6) is 0 Å². The Labute approximate surface area is 109 Å². The van der Waals surface area contributed by atoms with Crippen LogP contribution >= 0.6 is 34.7 Å². The van der Waals surface area contributed by atoms with Crippen molar-refractivity contribution >= 4 is 44.7 Å². The average molecular weight is 298 g/mol. The Hall–Kier alpha value is 0.250. The number of thioether (sulfide) groups is 1. The second-order valence-electron chi connectivity index (χ2n) is 3.59. The molecule has 1 aliphatic heterocycles. The largest absolute Gasteiger partial charge is 0.250 e. The quantitative estimate of drug-likeness (QED) is 0.933. The summed E-state index contributed by atoms with van der Waals surface area (Å²) in [6.45, 7) is 0. The number of nitrogens with one attached hydrogen (secondary N) is 1. The van der Waals surface area contributed by atoms with Crippen LogP contribution < -0.4 is 4.72 Å². The standard InChI is InChI=1S/C9H12ClNO2S3/c10-8-3-4-9(15-8)16(12,13)11-7-2-1-5-14-6-7/h3-4,7,11H,1-2,5-6H2. The Morgan fingerprint density at radius 1 is 1.44 bits per heavy atom. The van der Waals surface area contributed by atoms with Crippen molar-refractivity contribution in [3.63, 3.8) is 0 Å². The molecule has 1 fully saturated rings. The fourth-order valence-electron chi connectivity index (χ4n) is 1.55. The van der Waals surface area contributed by atoms with Gasteiger partial charge in [0.25, 0.3) is 0 Å². The van der Waals surface area contributed by atoms with Crippen LogP contribution in [-0.4, -0.2) is 26.0 Å². The monoisotopic (exact) mass is 297 g/mol. The highest BCUT2D eigenvalue weighted by molar-refractivity contribution is 7.99. The number of sulfonamides is 1. The van der Waals surface area contributed by atoms with E-state index in [4.69, 9.17) is 11.6 Å². The molecule has 1 atom stereocenters. The first kappa shape index (κ1) is 12.7. The van der Waals surface area contributed by atoms with E-state index in [1.807, 2.05) is 0 Å². The highest BCUT2D eigenvalue weighted by atomic mass is 35.5. The third-order valence-electron chi connectivity index (χ3n) is 2.30. The van der Waals surface area contributed by atoms with E-state index in [2.05, 4.69) is 4.72 Å². The van der Waals surface area contributed by atoms with Crippen LogP contribution in [0.15, 0.2) is 16.3 Å². The second-order valence-corrected chi connectivity index (χ2v) is 8.40. The van der Waals surface area contributed by atoms with Gasteiger partial charge in [0, 0.05) is 11.8 Å². The van der Waals surface area contributed by atoms with E-state index in [0.29, 0.717) is 8.55 Å². The van der Waals surface area contributed by atoms with Crippen molar-refractivity contribution in [3.8, 4) is 0 Å². The maximum atomic E-state index is 11.9. The number of hydrogen-bond acceptors (Lipinski definition) is 4. The van der Waals surface area contributed by atoms with Crippen LogP contribution in [0.1, 0.15) is 12.8 Å². The van der Waals surface area contributed by atoms with E-state index in [1.165, 1.54) is 0 Å². The minimum absolute atomic E-state index is 0.0598. The zero-order chi connectivity index (χ0) is 11.6. The van der Waals surface area contributed by atoms with E-state index in [9.17, 15) is 8.42 Å². The maximum absolute atomic E-state index is 11.9. The molecule has 7 heteroatoms. The molecular formula is C9H12ClNO2S3. The van der Waals surface area contributed by atoms with Gasteiger partial charge in [0.2, 0.25) is 10.0 Å². The van der Waals surface area contributed by atoms with Crippen LogP contribution in [-0.2, 0) is 10.0 Å². The lowest BCUT2D eigenvalue weighted by atomic mass is 10.2. The van der Waals surface area contributed by atoms with Crippen LogP contribution in [0, 0.1) is 0 Å². The van der Waals surface area contributed by atoms with E-state index in [1.54, 1.807) is 23.9 Å².